The molecular formula is C17H20N4O6S. The molecule has 2 rings (SSSR count). The molecule has 0 radical (unpaired) electrons. The maximum atomic E-state index is 12.3. The summed E-state index contributed by atoms with van der Waals surface area (Å²) >= 11 is 1.36. The van der Waals surface area contributed by atoms with Gasteiger partial charge in [-0.25, -0.2) is 4.98 Å². The van der Waals surface area contributed by atoms with Gasteiger partial charge in [0.05, 0.1) is 21.4 Å². The lowest BCUT2D eigenvalue weighted by Gasteiger charge is -2.19. The number of anilines is 1. The first-order valence-corrected chi connectivity index (χ1v) is 9.33. The minimum absolute atomic E-state index is 0.101. The second kappa shape index (κ2) is 9.76. The van der Waals surface area contributed by atoms with E-state index >= 15 is 0 Å². The molecule has 10 nitrogen and oxygen atoms in total. The summed E-state index contributed by atoms with van der Waals surface area (Å²) in [5.74, 6) is -3.04. The van der Waals surface area contributed by atoms with E-state index in [-0.39, 0.29) is 24.9 Å². The number of carbonyl (C=O) groups is 4. The molecule has 0 aliphatic heterocycles. The van der Waals surface area contributed by atoms with Crippen molar-refractivity contribution in [3.63, 3.8) is 0 Å². The molecule has 3 amide bonds. The van der Waals surface area contributed by atoms with Gasteiger partial charge in [0.15, 0.2) is 0 Å². The van der Waals surface area contributed by atoms with Gasteiger partial charge in [0.25, 0.3) is 5.91 Å². The Morgan fingerprint density at radius 3 is 2.71 bits per heavy atom. The van der Waals surface area contributed by atoms with Crippen molar-refractivity contribution >= 4 is 50.9 Å². The maximum absolute atomic E-state index is 12.3. The van der Waals surface area contributed by atoms with Crippen LogP contribution in [-0.4, -0.2) is 51.6 Å². The molecule has 1 unspecified atom stereocenters. The van der Waals surface area contributed by atoms with Crippen LogP contribution in [0.5, 0.6) is 0 Å². The van der Waals surface area contributed by atoms with E-state index in [1.54, 1.807) is 24.6 Å². The number of nitrogens with zero attached hydrogens (tertiary/aromatic N) is 2. The molecule has 0 bridgehead atoms. The normalized spacial score (nSPS) is 11.6. The van der Waals surface area contributed by atoms with Crippen LogP contribution >= 0.6 is 11.3 Å². The molecule has 0 aliphatic carbocycles. The zero-order valence-corrected chi connectivity index (χ0v) is 15.9. The third-order valence-electron chi connectivity index (χ3n) is 3.83. The molecule has 0 saturated heterocycles. The van der Waals surface area contributed by atoms with Crippen molar-refractivity contribution in [2.24, 2.45) is 0 Å². The molecule has 150 valence electrons. The fourth-order valence-corrected chi connectivity index (χ4v) is 3.05. The summed E-state index contributed by atoms with van der Waals surface area (Å²) in [6.07, 6.45) is -0.222. The molecule has 0 aliphatic rings. The monoisotopic (exact) mass is 408 g/mol. The average molecular weight is 408 g/mol. The van der Waals surface area contributed by atoms with E-state index in [1.165, 1.54) is 17.4 Å². The third kappa shape index (κ3) is 5.72. The fourth-order valence-electron chi connectivity index (χ4n) is 2.34. The number of fused-ring (bicyclic) bond motifs is 1. The quantitative estimate of drug-likeness (QED) is 0.356. The molecule has 2 aromatic rings. The van der Waals surface area contributed by atoms with Gasteiger partial charge in [0.1, 0.15) is 12.6 Å². The number of aliphatic carboxylic acids is 1. The summed E-state index contributed by atoms with van der Waals surface area (Å²) in [4.78, 5) is 50.7. The highest BCUT2D eigenvalue weighted by Crippen LogP contribution is 2.24. The number of nitrogens with one attached hydrogen (secondary N) is 2. The van der Waals surface area contributed by atoms with Gasteiger partial charge in [-0.05, 0) is 24.6 Å². The minimum atomic E-state index is -1.23. The van der Waals surface area contributed by atoms with Gasteiger partial charge in [-0.1, -0.05) is 6.92 Å². The van der Waals surface area contributed by atoms with E-state index in [2.05, 4.69) is 15.6 Å². The van der Waals surface area contributed by atoms with Crippen molar-refractivity contribution in [3.05, 3.63) is 23.7 Å². The Bertz CT molecular complexity index is 883. The standard InChI is InChI=1S/C17H20N4O6S/c1-2-14(22)20-12(17(26)18-8-16(24)25)5-6-15(23)21(27)10-3-4-11-13(7-10)28-9-19-11/h3-4,7,9,12,27H,2,5-6,8H2,1H3,(H,18,26)(H,20,22)(H,24,25). The second-order valence-electron chi connectivity index (χ2n) is 5.83. The number of carboxylic acids is 1. The molecule has 0 fully saturated rings. The Kier molecular flexibility index (Phi) is 7.41. The van der Waals surface area contributed by atoms with Gasteiger partial charge in [0.2, 0.25) is 11.8 Å². The maximum Gasteiger partial charge on any atom is 0.322 e. The summed E-state index contributed by atoms with van der Waals surface area (Å²) in [6, 6.07) is 3.73. The van der Waals surface area contributed by atoms with Crippen LogP contribution in [0.3, 0.4) is 0 Å². The Morgan fingerprint density at radius 2 is 2.04 bits per heavy atom. The van der Waals surface area contributed by atoms with E-state index < -0.39 is 36.3 Å². The first-order chi connectivity index (χ1) is 13.3. The number of aromatic nitrogens is 1. The second-order valence-corrected chi connectivity index (χ2v) is 6.72. The predicted octanol–water partition coefficient (Wildman–Crippen LogP) is 0.894. The SMILES string of the molecule is CCC(=O)NC(CCC(=O)N(O)c1ccc2ncsc2c1)C(=O)NCC(=O)O. The highest BCUT2D eigenvalue weighted by Gasteiger charge is 2.23. The van der Waals surface area contributed by atoms with Gasteiger partial charge < -0.3 is 15.7 Å². The highest BCUT2D eigenvalue weighted by molar-refractivity contribution is 7.16. The Balaban J connectivity index is 2.00. The number of benzene rings is 1. The number of thiazole rings is 1. The molecule has 4 N–H and O–H groups in total. The summed E-state index contributed by atoms with van der Waals surface area (Å²) in [7, 11) is 0. The van der Waals surface area contributed by atoms with E-state index in [9.17, 15) is 24.4 Å². The van der Waals surface area contributed by atoms with Crippen LogP contribution in [0.25, 0.3) is 10.2 Å². The first kappa shape index (κ1) is 21.3. The smallest absolute Gasteiger partial charge is 0.322 e. The van der Waals surface area contributed by atoms with Crippen molar-refractivity contribution in [2.75, 3.05) is 11.6 Å². The molecule has 1 atom stereocenters. The number of carboxylic acid groups (broad SMARTS) is 1. The minimum Gasteiger partial charge on any atom is -0.480 e. The van der Waals surface area contributed by atoms with Gasteiger partial charge in [-0.2, -0.15) is 5.06 Å². The lowest BCUT2D eigenvalue weighted by Crippen LogP contribution is -2.48. The zero-order chi connectivity index (χ0) is 20.7. The van der Waals surface area contributed by atoms with Crippen molar-refractivity contribution < 1.29 is 29.5 Å². The first-order valence-electron chi connectivity index (χ1n) is 8.45. The lowest BCUT2D eigenvalue weighted by molar-refractivity contribution is -0.138. The number of hydroxylamine groups is 1. The molecule has 1 heterocycles. The number of amides is 3. The lowest BCUT2D eigenvalue weighted by atomic mass is 10.1. The summed E-state index contributed by atoms with van der Waals surface area (Å²) in [6.45, 7) is 0.990. The third-order valence-corrected chi connectivity index (χ3v) is 4.62. The Hall–Kier alpha value is -3.05. The van der Waals surface area contributed by atoms with Crippen LogP contribution in [0.4, 0.5) is 5.69 Å². The van der Waals surface area contributed by atoms with Gasteiger partial charge in [-0.15, -0.1) is 11.3 Å². The molecule has 28 heavy (non-hydrogen) atoms. The molecule has 0 saturated carbocycles. The Morgan fingerprint density at radius 1 is 1.29 bits per heavy atom. The molecule has 1 aromatic carbocycles. The number of hydrogen-bond acceptors (Lipinski definition) is 7. The molecular weight excluding hydrogens is 388 g/mol. The van der Waals surface area contributed by atoms with Crippen LogP contribution in [0.15, 0.2) is 23.7 Å². The zero-order valence-electron chi connectivity index (χ0n) is 15.0. The van der Waals surface area contributed by atoms with Crippen LogP contribution in [0.1, 0.15) is 26.2 Å². The summed E-state index contributed by atoms with van der Waals surface area (Å²) in [5, 5.41) is 23.9. The van der Waals surface area contributed by atoms with Crippen molar-refractivity contribution in [1.29, 1.82) is 0 Å². The number of carbonyl (C=O) groups excluding carboxylic acids is 3. The van der Waals surface area contributed by atoms with Crippen LogP contribution in [-0.2, 0) is 19.2 Å². The molecule has 1 aromatic heterocycles. The van der Waals surface area contributed by atoms with Crippen LogP contribution in [0.2, 0.25) is 0 Å². The van der Waals surface area contributed by atoms with Gasteiger partial charge in [-0.3, -0.25) is 24.4 Å². The highest BCUT2D eigenvalue weighted by atomic mass is 32.1. The van der Waals surface area contributed by atoms with Gasteiger partial charge >= 0.3 is 5.97 Å². The van der Waals surface area contributed by atoms with Crippen molar-refractivity contribution in [3.8, 4) is 0 Å². The average Bonchev–Trinajstić information content (AvgIpc) is 3.15. The van der Waals surface area contributed by atoms with Gasteiger partial charge in [0, 0.05) is 12.8 Å². The molecule has 0 spiro atoms. The molecule has 11 heteroatoms. The van der Waals surface area contributed by atoms with E-state index in [0.717, 1.165) is 10.2 Å². The summed E-state index contributed by atoms with van der Waals surface area (Å²) < 4.78 is 0.797. The van der Waals surface area contributed by atoms with Crippen molar-refractivity contribution in [1.82, 2.24) is 15.6 Å². The van der Waals surface area contributed by atoms with Crippen LogP contribution in [0, 0.1) is 0 Å². The largest absolute Gasteiger partial charge is 0.480 e. The van der Waals surface area contributed by atoms with Crippen molar-refractivity contribution in [2.45, 2.75) is 32.2 Å². The summed E-state index contributed by atoms with van der Waals surface area (Å²) in [5.41, 5.74) is 2.65. The topological polar surface area (TPSA) is 149 Å². The van der Waals surface area contributed by atoms with E-state index in [1.807, 2.05) is 0 Å². The van der Waals surface area contributed by atoms with E-state index in [4.69, 9.17) is 5.11 Å². The van der Waals surface area contributed by atoms with E-state index in [0.29, 0.717) is 5.06 Å². The van der Waals surface area contributed by atoms with Crippen LogP contribution < -0.4 is 15.7 Å². The fraction of sp³-hybridized carbons (Fsp3) is 0.353. The Labute approximate surface area is 164 Å². The predicted molar refractivity (Wildman–Crippen MR) is 101 cm³/mol. The number of rotatable bonds is 9. The number of hydrogen-bond donors (Lipinski definition) is 4.